The lowest BCUT2D eigenvalue weighted by Crippen LogP contribution is -2.32. The monoisotopic (exact) mass is 638 g/mol. The molecule has 0 radical (unpaired) electrons. The van der Waals surface area contributed by atoms with Gasteiger partial charge in [0.2, 0.25) is 0 Å². The first-order chi connectivity index (χ1) is 22.9. The molecule has 2 aliphatic rings. The smallest absolute Gasteiger partial charge is 0.295 e. The van der Waals surface area contributed by atoms with Crippen molar-refractivity contribution in [3.05, 3.63) is 95.6 Å². The minimum Gasteiger partial charge on any atom is -0.397 e. The number of hydroxylamine groups is 2. The van der Waals surface area contributed by atoms with E-state index in [1.165, 1.54) is 25.2 Å². The second-order valence-corrected chi connectivity index (χ2v) is 11.9. The van der Waals surface area contributed by atoms with E-state index in [0.29, 0.717) is 16.9 Å². The lowest BCUT2D eigenvalue weighted by Gasteiger charge is -2.21. The number of nitrogens with two attached hydrogens (primary N) is 1. The molecule has 4 aromatic rings. The van der Waals surface area contributed by atoms with Crippen LogP contribution in [0.4, 0.5) is 11.4 Å². The minimum atomic E-state index is -0.467. The molecule has 0 unspecified atom stereocenters. The standard InChI is InChI=1S/C24H25N3O3.C12H17N3O2/c1-16-13-14-20(19-11-6-5-10-18(16)19)23(28)26-21-12-7-15-25-22(21)24(29)27-30-17-8-3-2-4-9-17;13-10-7-4-8-14-11(10)12(16)15-17-9-5-2-1-3-6-9/h5-7,10-15,17H,2-4,8-9H2,1H3,(H,26,28)(H,27,29);4,7-9H,1-3,5-6,13H2,(H,15,16). The fraction of sp³-hybridized carbons (Fsp3) is 0.361. The molecule has 0 spiro atoms. The van der Waals surface area contributed by atoms with Crippen LogP contribution >= 0.6 is 0 Å². The van der Waals surface area contributed by atoms with Crippen molar-refractivity contribution in [1.29, 1.82) is 0 Å². The Bertz CT molecular complexity index is 1680. The fourth-order valence-electron chi connectivity index (χ4n) is 5.87. The van der Waals surface area contributed by atoms with Gasteiger partial charge in [0, 0.05) is 18.0 Å². The Morgan fingerprint density at radius 1 is 0.660 bits per heavy atom. The van der Waals surface area contributed by atoms with Gasteiger partial charge >= 0.3 is 0 Å². The summed E-state index contributed by atoms with van der Waals surface area (Å²) in [6.07, 6.45) is 14.1. The van der Waals surface area contributed by atoms with E-state index in [9.17, 15) is 14.4 Å². The van der Waals surface area contributed by atoms with E-state index < -0.39 is 5.91 Å². The molecule has 2 heterocycles. The molecule has 2 fully saturated rings. The predicted molar refractivity (Wildman–Crippen MR) is 180 cm³/mol. The van der Waals surface area contributed by atoms with Gasteiger partial charge in [-0.3, -0.25) is 24.1 Å². The van der Waals surface area contributed by atoms with Crippen LogP contribution in [0, 0.1) is 6.92 Å². The third-order valence-corrected chi connectivity index (χ3v) is 8.45. The predicted octanol–water partition coefficient (Wildman–Crippen LogP) is 6.45. The summed E-state index contributed by atoms with van der Waals surface area (Å²) < 4.78 is 0. The van der Waals surface area contributed by atoms with Crippen molar-refractivity contribution in [3.8, 4) is 0 Å². The normalized spacial score (nSPS) is 15.3. The SMILES string of the molecule is Cc1ccc(C(=O)Nc2cccnc2C(=O)NOC2CCCCC2)c2ccccc12.Nc1cccnc1C(=O)NOC1CCCCC1. The van der Waals surface area contributed by atoms with Crippen LogP contribution in [0.15, 0.2) is 73.1 Å². The van der Waals surface area contributed by atoms with Gasteiger partial charge in [0.05, 0.1) is 23.6 Å². The van der Waals surface area contributed by atoms with Gasteiger partial charge in [0.25, 0.3) is 17.7 Å². The first-order valence-electron chi connectivity index (χ1n) is 16.3. The van der Waals surface area contributed by atoms with Crippen molar-refractivity contribution in [2.24, 2.45) is 0 Å². The van der Waals surface area contributed by atoms with Crippen molar-refractivity contribution < 1.29 is 24.1 Å². The maximum absolute atomic E-state index is 13.0. The first kappa shape index (κ1) is 33.5. The van der Waals surface area contributed by atoms with Gasteiger partial charge in [-0.05, 0) is 79.3 Å². The average Bonchev–Trinajstić information content (AvgIpc) is 3.11. The molecule has 2 aromatic heterocycles. The molecule has 0 bridgehead atoms. The quantitative estimate of drug-likeness (QED) is 0.160. The second kappa shape index (κ2) is 16.6. The highest BCUT2D eigenvalue weighted by molar-refractivity contribution is 6.14. The Kier molecular flexibility index (Phi) is 11.8. The summed E-state index contributed by atoms with van der Waals surface area (Å²) in [6.45, 7) is 2.01. The van der Waals surface area contributed by atoms with Crippen LogP contribution in [-0.2, 0) is 9.68 Å². The lowest BCUT2D eigenvalue weighted by molar-refractivity contribution is -0.0314. The number of carbonyl (C=O) groups excluding carboxylic acids is 3. The number of aryl methyl sites for hydroxylation is 1. The summed E-state index contributed by atoms with van der Waals surface area (Å²) in [5.74, 6) is -1.14. The maximum Gasteiger partial charge on any atom is 0.295 e. The number of fused-ring (bicyclic) bond motifs is 1. The van der Waals surface area contributed by atoms with Crippen molar-refractivity contribution >= 4 is 39.9 Å². The highest BCUT2D eigenvalue weighted by Gasteiger charge is 2.21. The van der Waals surface area contributed by atoms with Gasteiger partial charge in [-0.25, -0.2) is 20.9 Å². The molecule has 0 saturated heterocycles. The molecule has 2 aromatic carbocycles. The first-order valence-corrected chi connectivity index (χ1v) is 16.3. The van der Waals surface area contributed by atoms with Crippen LogP contribution < -0.4 is 22.0 Å². The van der Waals surface area contributed by atoms with Crippen LogP contribution in [-0.4, -0.2) is 39.9 Å². The Labute approximate surface area is 274 Å². The van der Waals surface area contributed by atoms with Crippen molar-refractivity contribution in [3.63, 3.8) is 0 Å². The zero-order valence-electron chi connectivity index (χ0n) is 26.7. The number of hydrogen-bond donors (Lipinski definition) is 4. The van der Waals surface area contributed by atoms with E-state index in [1.54, 1.807) is 30.3 Å². The van der Waals surface area contributed by atoms with Gasteiger partial charge in [-0.2, -0.15) is 0 Å². The molecule has 11 nitrogen and oxygen atoms in total. The van der Waals surface area contributed by atoms with Gasteiger partial charge in [-0.15, -0.1) is 0 Å². The minimum absolute atomic E-state index is 0.0309. The molecule has 11 heteroatoms. The van der Waals surface area contributed by atoms with Crippen LogP contribution in [0.3, 0.4) is 0 Å². The van der Waals surface area contributed by atoms with E-state index in [-0.39, 0.29) is 35.4 Å². The largest absolute Gasteiger partial charge is 0.397 e. The van der Waals surface area contributed by atoms with Crippen LogP contribution in [0.1, 0.15) is 101 Å². The lowest BCUT2D eigenvalue weighted by atomic mass is 9.98. The van der Waals surface area contributed by atoms with Gasteiger partial charge in [0.15, 0.2) is 11.4 Å². The number of nitrogens with zero attached hydrogens (tertiary/aromatic N) is 2. The molecule has 3 amide bonds. The fourth-order valence-corrected chi connectivity index (χ4v) is 5.87. The number of rotatable bonds is 8. The highest BCUT2D eigenvalue weighted by atomic mass is 16.7. The van der Waals surface area contributed by atoms with Gasteiger partial charge < -0.3 is 11.1 Å². The molecule has 47 heavy (non-hydrogen) atoms. The number of aromatic nitrogens is 2. The number of carbonyl (C=O) groups is 3. The van der Waals surface area contributed by atoms with E-state index in [2.05, 4.69) is 26.2 Å². The Balaban J connectivity index is 0.000000216. The Morgan fingerprint density at radius 3 is 1.83 bits per heavy atom. The molecule has 6 rings (SSSR count). The molecular weight excluding hydrogens is 596 g/mol. The molecule has 2 aliphatic carbocycles. The number of hydrogen-bond acceptors (Lipinski definition) is 8. The number of amides is 3. The Hall–Kier alpha value is -4.87. The summed E-state index contributed by atoms with van der Waals surface area (Å²) in [7, 11) is 0. The summed E-state index contributed by atoms with van der Waals surface area (Å²) in [6, 6.07) is 18.2. The van der Waals surface area contributed by atoms with Crippen molar-refractivity contribution in [2.75, 3.05) is 11.1 Å². The summed E-state index contributed by atoms with van der Waals surface area (Å²) >= 11 is 0. The van der Waals surface area contributed by atoms with Gasteiger partial charge in [-0.1, -0.05) is 68.9 Å². The highest BCUT2D eigenvalue weighted by Crippen LogP contribution is 2.25. The van der Waals surface area contributed by atoms with Crippen molar-refractivity contribution in [1.82, 2.24) is 20.9 Å². The van der Waals surface area contributed by atoms with Crippen LogP contribution in [0.5, 0.6) is 0 Å². The number of benzene rings is 2. The molecule has 2 saturated carbocycles. The van der Waals surface area contributed by atoms with E-state index in [4.69, 9.17) is 15.4 Å². The summed E-state index contributed by atoms with van der Waals surface area (Å²) in [4.78, 5) is 56.4. The zero-order chi connectivity index (χ0) is 33.0. The van der Waals surface area contributed by atoms with Crippen LogP contribution in [0.25, 0.3) is 10.8 Å². The van der Waals surface area contributed by atoms with E-state index in [1.807, 2.05) is 37.3 Å². The molecule has 0 atom stereocenters. The maximum atomic E-state index is 13.0. The molecular formula is C36H42N6O5. The van der Waals surface area contributed by atoms with Crippen molar-refractivity contribution in [2.45, 2.75) is 83.3 Å². The molecule has 246 valence electrons. The Morgan fingerprint density at radius 2 is 1.21 bits per heavy atom. The third-order valence-electron chi connectivity index (χ3n) is 8.45. The number of nitrogens with one attached hydrogen (secondary N) is 3. The second-order valence-electron chi connectivity index (χ2n) is 11.9. The molecule has 0 aliphatic heterocycles. The number of anilines is 2. The average molecular weight is 639 g/mol. The van der Waals surface area contributed by atoms with E-state index >= 15 is 0 Å². The molecule has 5 N–H and O–H groups in total. The number of nitrogen functional groups attached to an aromatic ring is 1. The third kappa shape index (κ3) is 9.11. The van der Waals surface area contributed by atoms with Crippen LogP contribution in [0.2, 0.25) is 0 Å². The summed E-state index contributed by atoms with van der Waals surface area (Å²) in [5.41, 5.74) is 13.3. The topological polar surface area (TPSA) is 158 Å². The summed E-state index contributed by atoms with van der Waals surface area (Å²) in [5, 5.41) is 4.73. The van der Waals surface area contributed by atoms with E-state index in [0.717, 1.165) is 67.7 Å². The number of pyridine rings is 2. The zero-order valence-corrected chi connectivity index (χ0v) is 26.7. The van der Waals surface area contributed by atoms with Gasteiger partial charge in [0.1, 0.15) is 0 Å².